The molecule has 0 aliphatic carbocycles. The lowest BCUT2D eigenvalue weighted by molar-refractivity contribution is 0.0942. The first kappa shape index (κ1) is 20.0. The number of halogens is 3. The molecule has 29 heavy (non-hydrogen) atoms. The van der Waals surface area contributed by atoms with Gasteiger partial charge in [0, 0.05) is 18.7 Å². The Morgan fingerprint density at radius 2 is 2.10 bits per heavy atom. The van der Waals surface area contributed by atoms with Gasteiger partial charge in [-0.05, 0) is 46.1 Å². The maximum atomic E-state index is 13.4. The van der Waals surface area contributed by atoms with Gasteiger partial charge in [0.25, 0.3) is 5.91 Å². The number of carbonyl (C=O) groups is 1. The van der Waals surface area contributed by atoms with Crippen molar-refractivity contribution in [1.82, 2.24) is 15.1 Å². The van der Waals surface area contributed by atoms with Crippen LogP contribution in [0.1, 0.15) is 15.2 Å². The molecule has 0 radical (unpaired) electrons. The van der Waals surface area contributed by atoms with Gasteiger partial charge < -0.3 is 15.8 Å². The molecular weight excluding hydrogens is 466 g/mol. The maximum absolute atomic E-state index is 13.4. The van der Waals surface area contributed by atoms with E-state index in [4.69, 9.17) is 10.5 Å². The summed E-state index contributed by atoms with van der Waals surface area (Å²) in [5.41, 5.74) is 7.85. The summed E-state index contributed by atoms with van der Waals surface area (Å²) in [6.07, 6.45) is 1.93. The Labute approximate surface area is 177 Å². The van der Waals surface area contributed by atoms with E-state index >= 15 is 0 Å². The molecule has 4 rings (SSSR count). The molecule has 10 heteroatoms. The van der Waals surface area contributed by atoms with Crippen molar-refractivity contribution in [3.8, 4) is 16.3 Å². The average Bonchev–Trinajstić information content (AvgIpc) is 3.19. The Morgan fingerprint density at radius 3 is 2.83 bits per heavy atom. The van der Waals surface area contributed by atoms with E-state index in [1.165, 1.54) is 23.5 Å². The van der Waals surface area contributed by atoms with E-state index in [0.717, 1.165) is 21.8 Å². The first-order valence-electron chi connectivity index (χ1n) is 8.89. The summed E-state index contributed by atoms with van der Waals surface area (Å²) in [6, 6.07) is 4.56. The van der Waals surface area contributed by atoms with Crippen LogP contribution >= 0.6 is 27.3 Å². The molecule has 3 aromatic rings. The number of fused-ring (bicyclic) bond motifs is 3. The number of nitrogens with one attached hydrogen (secondary N) is 1. The molecule has 0 bridgehead atoms. The zero-order valence-electron chi connectivity index (χ0n) is 15.1. The van der Waals surface area contributed by atoms with E-state index in [0.29, 0.717) is 28.7 Å². The van der Waals surface area contributed by atoms with Crippen molar-refractivity contribution in [3.05, 3.63) is 57.0 Å². The van der Waals surface area contributed by atoms with Crippen molar-refractivity contribution < 1.29 is 18.3 Å². The summed E-state index contributed by atoms with van der Waals surface area (Å²) in [5, 5.41) is 7.79. The lowest BCUT2D eigenvalue weighted by Crippen LogP contribution is -2.41. The molecule has 3 N–H and O–H groups in total. The molecule has 1 aliphatic rings. The molecule has 0 spiro atoms. The number of hydrogen-bond donors (Lipinski definition) is 2. The molecular formula is C19H17BrF2N4O2S. The van der Waals surface area contributed by atoms with Gasteiger partial charge in [0.1, 0.15) is 18.2 Å². The SMILES string of the molecule is NCC(Cc1cc(F)cc(F)c1)NC(=O)c1cc2c(s1)OCCn1ncc(Br)c1-2. The molecule has 0 saturated heterocycles. The van der Waals surface area contributed by atoms with Gasteiger partial charge >= 0.3 is 0 Å². The van der Waals surface area contributed by atoms with Crippen molar-refractivity contribution >= 4 is 33.2 Å². The molecule has 2 aromatic heterocycles. The van der Waals surface area contributed by atoms with Gasteiger partial charge in [-0.3, -0.25) is 9.48 Å². The maximum Gasteiger partial charge on any atom is 0.261 e. The quantitative estimate of drug-likeness (QED) is 0.584. The number of carbonyl (C=O) groups excluding carboxylic acids is 1. The lowest BCUT2D eigenvalue weighted by atomic mass is 10.1. The number of thiophene rings is 1. The first-order chi connectivity index (χ1) is 13.9. The third-order valence-corrected chi connectivity index (χ3v) is 6.16. The minimum Gasteiger partial charge on any atom is -0.481 e. The lowest BCUT2D eigenvalue weighted by Gasteiger charge is -2.16. The topological polar surface area (TPSA) is 82.2 Å². The van der Waals surface area contributed by atoms with Crippen LogP contribution in [-0.4, -0.2) is 34.9 Å². The standard InChI is InChI=1S/C19H17BrF2N4O2S/c20-15-9-24-26-1-2-28-19-14(17(15)26)7-16(29-19)18(27)25-13(8-23)5-10-3-11(21)6-12(22)4-10/h3-4,6-7,9,13H,1-2,5,8,23H2,(H,25,27). The van der Waals surface area contributed by atoms with E-state index < -0.39 is 17.7 Å². The number of benzene rings is 1. The molecule has 1 unspecified atom stereocenters. The molecule has 1 atom stereocenters. The molecule has 152 valence electrons. The Hall–Kier alpha value is -2.30. The van der Waals surface area contributed by atoms with Gasteiger partial charge in [-0.15, -0.1) is 0 Å². The summed E-state index contributed by atoms with van der Waals surface area (Å²) in [4.78, 5) is 13.2. The van der Waals surface area contributed by atoms with E-state index in [-0.39, 0.29) is 18.9 Å². The highest BCUT2D eigenvalue weighted by Gasteiger charge is 2.25. The minimum atomic E-state index is -0.663. The first-order valence-corrected chi connectivity index (χ1v) is 10.5. The summed E-state index contributed by atoms with van der Waals surface area (Å²) in [5.74, 6) is -1.65. The van der Waals surface area contributed by atoms with Crippen LogP contribution < -0.4 is 15.8 Å². The van der Waals surface area contributed by atoms with Crippen LogP contribution in [0.25, 0.3) is 11.3 Å². The van der Waals surface area contributed by atoms with Crippen LogP contribution in [-0.2, 0) is 13.0 Å². The Kier molecular flexibility index (Phi) is 5.66. The average molecular weight is 483 g/mol. The molecule has 0 saturated carbocycles. The van der Waals surface area contributed by atoms with Crippen LogP contribution in [0, 0.1) is 11.6 Å². The third-order valence-electron chi connectivity index (χ3n) is 4.53. The second kappa shape index (κ2) is 8.21. The molecule has 6 nitrogen and oxygen atoms in total. The normalized spacial score (nSPS) is 13.8. The summed E-state index contributed by atoms with van der Waals surface area (Å²) < 4.78 is 35.3. The summed E-state index contributed by atoms with van der Waals surface area (Å²) in [7, 11) is 0. The van der Waals surface area contributed by atoms with Crippen LogP contribution in [0.4, 0.5) is 8.78 Å². The number of nitrogens with two attached hydrogens (primary N) is 1. The molecule has 0 fully saturated rings. The highest BCUT2D eigenvalue weighted by Crippen LogP contribution is 2.42. The van der Waals surface area contributed by atoms with Crippen molar-refractivity contribution in [2.75, 3.05) is 13.2 Å². The zero-order chi connectivity index (χ0) is 20.5. The largest absolute Gasteiger partial charge is 0.481 e. The van der Waals surface area contributed by atoms with E-state index in [1.54, 1.807) is 12.3 Å². The van der Waals surface area contributed by atoms with Crippen LogP contribution in [0.3, 0.4) is 0 Å². The Morgan fingerprint density at radius 1 is 1.34 bits per heavy atom. The fourth-order valence-electron chi connectivity index (χ4n) is 3.25. The highest BCUT2D eigenvalue weighted by atomic mass is 79.9. The fraction of sp³-hybridized carbons (Fsp3) is 0.263. The highest BCUT2D eigenvalue weighted by molar-refractivity contribution is 9.10. The van der Waals surface area contributed by atoms with Gasteiger partial charge in [0.2, 0.25) is 0 Å². The predicted octanol–water partition coefficient (Wildman–Crippen LogP) is 3.34. The molecule has 1 aliphatic heterocycles. The second-order valence-corrected chi connectivity index (χ2v) is 8.48. The monoisotopic (exact) mass is 482 g/mol. The zero-order valence-corrected chi connectivity index (χ0v) is 17.5. The summed E-state index contributed by atoms with van der Waals surface area (Å²) >= 11 is 4.73. The number of aromatic nitrogens is 2. The van der Waals surface area contributed by atoms with Gasteiger partial charge in [0.05, 0.1) is 33.3 Å². The van der Waals surface area contributed by atoms with Crippen LogP contribution in [0.15, 0.2) is 34.9 Å². The number of nitrogens with zero attached hydrogens (tertiary/aromatic N) is 2. The fourth-order valence-corrected chi connectivity index (χ4v) is 4.69. The van der Waals surface area contributed by atoms with Gasteiger partial charge in [-0.2, -0.15) is 5.10 Å². The van der Waals surface area contributed by atoms with Crippen LogP contribution in [0.2, 0.25) is 0 Å². The van der Waals surface area contributed by atoms with E-state index in [9.17, 15) is 13.6 Å². The number of rotatable bonds is 5. The predicted molar refractivity (Wildman–Crippen MR) is 109 cm³/mol. The smallest absolute Gasteiger partial charge is 0.261 e. The van der Waals surface area contributed by atoms with E-state index in [2.05, 4.69) is 26.3 Å². The van der Waals surface area contributed by atoms with Crippen LogP contribution in [0.5, 0.6) is 5.06 Å². The summed E-state index contributed by atoms with van der Waals surface area (Å²) in [6.45, 7) is 1.19. The van der Waals surface area contributed by atoms with Crippen molar-refractivity contribution in [1.29, 1.82) is 0 Å². The van der Waals surface area contributed by atoms with Crippen molar-refractivity contribution in [2.24, 2.45) is 5.73 Å². The van der Waals surface area contributed by atoms with E-state index in [1.807, 2.05) is 4.68 Å². The third kappa shape index (κ3) is 4.19. The minimum absolute atomic E-state index is 0.129. The number of amides is 1. The Balaban J connectivity index is 1.54. The van der Waals surface area contributed by atoms with Crippen molar-refractivity contribution in [2.45, 2.75) is 19.0 Å². The number of hydrogen-bond acceptors (Lipinski definition) is 5. The number of ether oxygens (including phenoxy) is 1. The van der Waals surface area contributed by atoms with Crippen molar-refractivity contribution in [3.63, 3.8) is 0 Å². The molecule has 3 heterocycles. The molecule has 1 amide bonds. The Bertz CT molecular complexity index is 1050. The van der Waals surface area contributed by atoms with Gasteiger partial charge in [0.15, 0.2) is 5.06 Å². The van der Waals surface area contributed by atoms with Gasteiger partial charge in [-0.25, -0.2) is 8.78 Å². The molecule has 1 aromatic carbocycles. The second-order valence-electron chi connectivity index (χ2n) is 6.61. The van der Waals surface area contributed by atoms with Gasteiger partial charge in [-0.1, -0.05) is 11.3 Å².